The molecule has 0 bridgehead atoms. The van der Waals surface area contributed by atoms with Crippen molar-refractivity contribution in [3.05, 3.63) is 64.5 Å². The molecule has 1 amide bonds. The van der Waals surface area contributed by atoms with E-state index in [1.807, 2.05) is 41.8 Å². The van der Waals surface area contributed by atoms with Gasteiger partial charge in [0.05, 0.1) is 19.2 Å². The van der Waals surface area contributed by atoms with Gasteiger partial charge in [-0.3, -0.25) is 4.79 Å². The number of halogens is 1. The Labute approximate surface area is 149 Å². The van der Waals surface area contributed by atoms with Crippen molar-refractivity contribution >= 4 is 34.0 Å². The smallest absolute Gasteiger partial charge is 0.230 e. The zero-order valence-electron chi connectivity index (χ0n) is 13.0. The summed E-state index contributed by atoms with van der Waals surface area (Å²) >= 11 is 7.24. The third-order valence-electron chi connectivity index (χ3n) is 3.39. The first-order valence-corrected chi connectivity index (χ1v) is 8.54. The molecule has 3 aromatic rings. The number of hydrogen-bond acceptors (Lipinski definition) is 4. The molecule has 0 aliphatic rings. The van der Waals surface area contributed by atoms with E-state index >= 15 is 0 Å². The number of amides is 1. The van der Waals surface area contributed by atoms with Gasteiger partial charge in [-0.1, -0.05) is 35.9 Å². The zero-order valence-corrected chi connectivity index (χ0v) is 14.5. The SMILES string of the molecule is COc1cccc(-c2csc(NC(=O)Cc3ccc(Cl)cc3)n2)c1. The molecular weight excluding hydrogens is 344 g/mol. The molecule has 3 rings (SSSR count). The monoisotopic (exact) mass is 358 g/mol. The van der Waals surface area contributed by atoms with E-state index in [2.05, 4.69) is 10.3 Å². The number of thiazole rings is 1. The second kappa shape index (κ2) is 7.47. The van der Waals surface area contributed by atoms with Crippen LogP contribution in [0.1, 0.15) is 5.56 Å². The van der Waals surface area contributed by atoms with Crippen LogP contribution in [-0.4, -0.2) is 18.0 Å². The van der Waals surface area contributed by atoms with E-state index in [4.69, 9.17) is 16.3 Å². The second-order valence-corrected chi connectivity index (χ2v) is 6.42. The van der Waals surface area contributed by atoms with E-state index < -0.39 is 0 Å². The number of benzene rings is 2. The molecule has 0 unspecified atom stereocenters. The summed E-state index contributed by atoms with van der Waals surface area (Å²) in [5.41, 5.74) is 2.66. The quantitative estimate of drug-likeness (QED) is 0.722. The summed E-state index contributed by atoms with van der Waals surface area (Å²) < 4.78 is 5.22. The van der Waals surface area contributed by atoms with Crippen LogP contribution in [0.25, 0.3) is 11.3 Å². The minimum Gasteiger partial charge on any atom is -0.497 e. The highest BCUT2D eigenvalue weighted by molar-refractivity contribution is 7.14. The third-order valence-corrected chi connectivity index (χ3v) is 4.40. The average Bonchev–Trinajstić information content (AvgIpc) is 3.05. The number of methoxy groups -OCH3 is 1. The van der Waals surface area contributed by atoms with E-state index in [1.54, 1.807) is 19.2 Å². The molecule has 1 N–H and O–H groups in total. The fourth-order valence-electron chi connectivity index (χ4n) is 2.20. The summed E-state index contributed by atoms with van der Waals surface area (Å²) in [5, 5.41) is 5.97. The van der Waals surface area contributed by atoms with Crippen molar-refractivity contribution in [2.75, 3.05) is 12.4 Å². The number of hydrogen-bond donors (Lipinski definition) is 1. The molecule has 0 saturated carbocycles. The molecule has 2 aromatic carbocycles. The molecule has 0 spiro atoms. The van der Waals surface area contributed by atoms with Crippen LogP contribution in [0.3, 0.4) is 0 Å². The summed E-state index contributed by atoms with van der Waals surface area (Å²) in [5.74, 6) is 0.665. The second-order valence-electron chi connectivity index (χ2n) is 5.12. The van der Waals surface area contributed by atoms with Gasteiger partial charge in [-0.05, 0) is 29.8 Å². The number of carbonyl (C=O) groups is 1. The largest absolute Gasteiger partial charge is 0.497 e. The molecule has 0 atom stereocenters. The van der Waals surface area contributed by atoms with Gasteiger partial charge in [0.25, 0.3) is 0 Å². The van der Waals surface area contributed by atoms with E-state index in [-0.39, 0.29) is 12.3 Å². The lowest BCUT2D eigenvalue weighted by Gasteiger charge is -2.03. The van der Waals surface area contributed by atoms with Crippen molar-refractivity contribution in [1.29, 1.82) is 0 Å². The van der Waals surface area contributed by atoms with Crippen LogP contribution in [0.15, 0.2) is 53.9 Å². The van der Waals surface area contributed by atoms with E-state index in [9.17, 15) is 4.79 Å². The first-order valence-electron chi connectivity index (χ1n) is 7.28. The third kappa shape index (κ3) is 4.13. The Kier molecular flexibility index (Phi) is 5.13. The van der Waals surface area contributed by atoms with Gasteiger partial charge >= 0.3 is 0 Å². The highest BCUT2D eigenvalue weighted by atomic mass is 35.5. The molecule has 24 heavy (non-hydrogen) atoms. The van der Waals surface area contributed by atoms with E-state index in [1.165, 1.54) is 11.3 Å². The summed E-state index contributed by atoms with van der Waals surface area (Å²) in [4.78, 5) is 16.6. The molecule has 122 valence electrons. The molecule has 0 radical (unpaired) electrons. The van der Waals surface area contributed by atoms with Gasteiger partial charge in [-0.2, -0.15) is 0 Å². The Balaban J connectivity index is 1.67. The van der Waals surface area contributed by atoms with Gasteiger partial charge in [0.1, 0.15) is 5.75 Å². The number of aromatic nitrogens is 1. The number of nitrogens with one attached hydrogen (secondary N) is 1. The Morgan fingerprint density at radius 2 is 2.04 bits per heavy atom. The Bertz CT molecular complexity index is 846. The molecule has 0 fully saturated rings. The highest BCUT2D eigenvalue weighted by Crippen LogP contribution is 2.27. The number of nitrogens with zero attached hydrogens (tertiary/aromatic N) is 1. The summed E-state index contributed by atoms with van der Waals surface area (Å²) in [6.07, 6.45) is 0.283. The van der Waals surface area contributed by atoms with Gasteiger partial charge in [0, 0.05) is 16.0 Å². The topological polar surface area (TPSA) is 51.2 Å². The Hall–Kier alpha value is -2.37. The fourth-order valence-corrected chi connectivity index (χ4v) is 3.06. The Morgan fingerprint density at radius 1 is 1.25 bits per heavy atom. The van der Waals surface area contributed by atoms with Crippen molar-refractivity contribution in [2.45, 2.75) is 6.42 Å². The number of anilines is 1. The number of rotatable bonds is 5. The van der Waals surface area contributed by atoms with Crippen LogP contribution < -0.4 is 10.1 Å². The van der Waals surface area contributed by atoms with Gasteiger partial charge in [0.2, 0.25) is 5.91 Å². The lowest BCUT2D eigenvalue weighted by atomic mass is 10.1. The maximum Gasteiger partial charge on any atom is 0.230 e. The van der Waals surface area contributed by atoms with Crippen LogP contribution in [0, 0.1) is 0 Å². The minimum absolute atomic E-state index is 0.108. The minimum atomic E-state index is -0.108. The van der Waals surface area contributed by atoms with E-state index in [0.29, 0.717) is 10.2 Å². The summed E-state index contributed by atoms with van der Waals surface area (Å²) in [6.45, 7) is 0. The van der Waals surface area contributed by atoms with Crippen LogP contribution in [-0.2, 0) is 11.2 Å². The van der Waals surface area contributed by atoms with Gasteiger partial charge < -0.3 is 10.1 Å². The lowest BCUT2D eigenvalue weighted by molar-refractivity contribution is -0.115. The van der Waals surface area contributed by atoms with Gasteiger partial charge in [0.15, 0.2) is 5.13 Å². The normalized spacial score (nSPS) is 10.4. The molecule has 6 heteroatoms. The first kappa shape index (κ1) is 16.5. The van der Waals surface area contributed by atoms with Crippen molar-refractivity contribution in [2.24, 2.45) is 0 Å². The maximum atomic E-state index is 12.1. The molecule has 0 aliphatic carbocycles. The summed E-state index contributed by atoms with van der Waals surface area (Å²) in [7, 11) is 1.63. The molecule has 4 nitrogen and oxygen atoms in total. The van der Waals surface area contributed by atoms with Crippen LogP contribution in [0.4, 0.5) is 5.13 Å². The maximum absolute atomic E-state index is 12.1. The summed E-state index contributed by atoms with van der Waals surface area (Å²) in [6, 6.07) is 14.9. The van der Waals surface area contributed by atoms with Crippen molar-refractivity contribution in [1.82, 2.24) is 4.98 Å². The van der Waals surface area contributed by atoms with Crippen molar-refractivity contribution in [3.63, 3.8) is 0 Å². The molecule has 0 saturated heterocycles. The molecule has 0 aliphatic heterocycles. The fraction of sp³-hybridized carbons (Fsp3) is 0.111. The Morgan fingerprint density at radius 3 is 2.79 bits per heavy atom. The van der Waals surface area contributed by atoms with Crippen LogP contribution in [0.2, 0.25) is 5.02 Å². The number of ether oxygens (including phenoxy) is 1. The highest BCUT2D eigenvalue weighted by Gasteiger charge is 2.09. The first-order chi connectivity index (χ1) is 11.6. The number of carbonyl (C=O) groups excluding carboxylic acids is 1. The van der Waals surface area contributed by atoms with Crippen molar-refractivity contribution in [3.8, 4) is 17.0 Å². The van der Waals surface area contributed by atoms with Gasteiger partial charge in [-0.25, -0.2) is 4.98 Å². The standard InChI is InChI=1S/C18H15ClN2O2S/c1-23-15-4-2-3-13(10-15)16-11-24-18(20-16)21-17(22)9-12-5-7-14(19)8-6-12/h2-8,10-11H,9H2,1H3,(H,20,21,22). The molecule has 1 aromatic heterocycles. The van der Waals surface area contributed by atoms with Crippen LogP contribution >= 0.6 is 22.9 Å². The van der Waals surface area contributed by atoms with Crippen LogP contribution in [0.5, 0.6) is 5.75 Å². The lowest BCUT2D eigenvalue weighted by Crippen LogP contribution is -2.14. The van der Waals surface area contributed by atoms with E-state index in [0.717, 1.165) is 22.6 Å². The van der Waals surface area contributed by atoms with Crippen molar-refractivity contribution < 1.29 is 9.53 Å². The predicted molar refractivity (Wildman–Crippen MR) is 97.9 cm³/mol. The molecule has 1 heterocycles. The van der Waals surface area contributed by atoms with Gasteiger partial charge in [-0.15, -0.1) is 11.3 Å². The zero-order chi connectivity index (χ0) is 16.9. The average molecular weight is 359 g/mol. The predicted octanol–water partition coefficient (Wildman–Crippen LogP) is 4.65. The molecular formula is C18H15ClN2O2S.